The monoisotopic (exact) mass is 552 g/mol. The van der Waals surface area contributed by atoms with Gasteiger partial charge in [0.25, 0.3) is 0 Å². The first kappa shape index (κ1) is 21.1. The Labute approximate surface area is 214 Å². The van der Waals surface area contributed by atoms with Crippen molar-refractivity contribution >= 4 is 23.0 Å². The number of nitrogens with zero attached hydrogens (tertiary/aromatic N) is 1. The maximum Gasteiger partial charge on any atom is 0.221 e. The van der Waals surface area contributed by atoms with Gasteiger partial charge in [0.05, 0.1) is 16.7 Å². The minimum atomic E-state index is 0.893. The number of fused-ring (bicyclic) bond motifs is 8. The molecule has 4 aromatic carbocycles. The summed E-state index contributed by atoms with van der Waals surface area (Å²) in [4.78, 5) is 0. The molecule has 0 N–H and O–H groups in total. The lowest BCUT2D eigenvalue weighted by atomic mass is 9.82. The molecule has 0 atom stereocenters. The number of hydrogen-bond acceptors (Lipinski definition) is 1. The van der Waals surface area contributed by atoms with Gasteiger partial charge in [0.15, 0.2) is 23.0 Å². The van der Waals surface area contributed by atoms with Crippen molar-refractivity contribution in [3.8, 4) is 61.6 Å². The number of halogens is 1. The fraction of sp³-hybridized carbons (Fsp3) is 0.0645. The SMILES string of the molecule is Cc1c(OI)cccc1-c1ccc2c([n+]1C)-c1ccccc1-c1ccccc1-c1ccccc1-2. The lowest BCUT2D eigenvalue weighted by Gasteiger charge is -2.22. The largest absolute Gasteiger partial charge is 0.427 e. The minimum Gasteiger partial charge on any atom is -0.427 e. The normalized spacial score (nSPS) is 11.4. The molecule has 1 aliphatic carbocycles. The van der Waals surface area contributed by atoms with Crippen molar-refractivity contribution in [2.24, 2.45) is 7.05 Å². The number of benzene rings is 4. The van der Waals surface area contributed by atoms with E-state index in [4.69, 9.17) is 3.07 Å². The molecule has 0 unspecified atom stereocenters. The fourth-order valence-electron chi connectivity index (χ4n) is 5.27. The van der Waals surface area contributed by atoms with Gasteiger partial charge in [-0.1, -0.05) is 72.8 Å². The molecule has 0 saturated carbocycles. The van der Waals surface area contributed by atoms with Gasteiger partial charge in [-0.05, 0) is 59.0 Å². The van der Waals surface area contributed by atoms with Crippen LogP contribution in [0.3, 0.4) is 0 Å². The summed E-state index contributed by atoms with van der Waals surface area (Å²) in [6.07, 6.45) is 0. The molecular formula is C31H23INO+. The molecule has 6 rings (SSSR count). The maximum atomic E-state index is 5.60. The molecule has 0 fully saturated rings. The second-order valence-corrected chi connectivity index (χ2v) is 9.12. The van der Waals surface area contributed by atoms with E-state index in [1.54, 1.807) is 0 Å². The van der Waals surface area contributed by atoms with Crippen LogP contribution in [0.4, 0.5) is 0 Å². The zero-order valence-corrected chi connectivity index (χ0v) is 21.2. The number of pyridine rings is 1. The van der Waals surface area contributed by atoms with Gasteiger partial charge in [-0.15, -0.1) is 0 Å². The molecule has 0 amide bonds. The van der Waals surface area contributed by atoms with E-state index in [9.17, 15) is 0 Å². The quantitative estimate of drug-likeness (QED) is 0.156. The third-order valence-electron chi connectivity index (χ3n) is 6.91. The Balaban J connectivity index is 1.74. The van der Waals surface area contributed by atoms with Crippen molar-refractivity contribution in [3.05, 3.63) is 109 Å². The van der Waals surface area contributed by atoms with E-state index in [1.807, 2.05) is 29.1 Å². The smallest absolute Gasteiger partial charge is 0.221 e. The van der Waals surface area contributed by atoms with E-state index >= 15 is 0 Å². The minimum absolute atomic E-state index is 0.893. The molecule has 1 heterocycles. The van der Waals surface area contributed by atoms with Crippen LogP contribution in [0.1, 0.15) is 5.56 Å². The lowest BCUT2D eigenvalue weighted by Crippen LogP contribution is -2.35. The molecule has 1 aliphatic rings. The number of rotatable bonds is 2. The van der Waals surface area contributed by atoms with Gasteiger partial charge in [-0.2, -0.15) is 4.57 Å². The second-order valence-electron chi connectivity index (χ2n) is 8.68. The van der Waals surface area contributed by atoms with E-state index in [0.29, 0.717) is 0 Å². The average Bonchev–Trinajstić information content (AvgIpc) is 2.88. The summed E-state index contributed by atoms with van der Waals surface area (Å²) in [5.74, 6) is 0.893. The Bertz CT molecular complexity index is 1560. The van der Waals surface area contributed by atoms with Gasteiger partial charge in [-0.3, -0.25) is 0 Å². The second kappa shape index (κ2) is 8.41. The third kappa shape index (κ3) is 3.18. The van der Waals surface area contributed by atoms with Crippen molar-refractivity contribution in [1.82, 2.24) is 0 Å². The molecule has 5 aromatic rings. The first-order valence-corrected chi connectivity index (χ1v) is 12.3. The van der Waals surface area contributed by atoms with E-state index < -0.39 is 0 Å². The van der Waals surface area contributed by atoms with Gasteiger partial charge in [0, 0.05) is 11.6 Å². The summed E-state index contributed by atoms with van der Waals surface area (Å²) in [6.45, 7) is 2.12. The Kier molecular flexibility index (Phi) is 5.22. The van der Waals surface area contributed by atoms with Crippen LogP contribution in [0.2, 0.25) is 0 Å². The summed E-state index contributed by atoms with van der Waals surface area (Å²) in [5, 5.41) is 0. The van der Waals surface area contributed by atoms with Gasteiger partial charge in [0.2, 0.25) is 11.4 Å². The van der Waals surface area contributed by atoms with Crippen LogP contribution in [-0.4, -0.2) is 0 Å². The van der Waals surface area contributed by atoms with Crippen molar-refractivity contribution in [3.63, 3.8) is 0 Å². The highest BCUT2D eigenvalue weighted by molar-refractivity contribution is 14.1. The molecule has 0 saturated heterocycles. The predicted octanol–water partition coefficient (Wildman–Crippen LogP) is 8.20. The van der Waals surface area contributed by atoms with E-state index in [1.165, 1.54) is 50.2 Å². The first-order chi connectivity index (χ1) is 16.7. The van der Waals surface area contributed by atoms with Crippen molar-refractivity contribution in [2.75, 3.05) is 0 Å². The number of aromatic nitrogens is 1. The van der Waals surface area contributed by atoms with E-state index in [0.717, 1.165) is 17.0 Å². The Morgan fingerprint density at radius 3 is 1.56 bits per heavy atom. The number of hydrogen-bond donors (Lipinski definition) is 0. The van der Waals surface area contributed by atoms with Crippen molar-refractivity contribution in [1.29, 1.82) is 0 Å². The highest BCUT2D eigenvalue weighted by Crippen LogP contribution is 2.46. The summed E-state index contributed by atoms with van der Waals surface area (Å²) >= 11 is 1.96. The highest BCUT2D eigenvalue weighted by Gasteiger charge is 2.29. The third-order valence-corrected chi connectivity index (χ3v) is 7.38. The summed E-state index contributed by atoms with van der Waals surface area (Å²) in [7, 11) is 2.18. The molecule has 2 nitrogen and oxygen atoms in total. The van der Waals surface area contributed by atoms with Crippen molar-refractivity contribution < 1.29 is 7.63 Å². The molecule has 3 heteroatoms. The van der Waals surface area contributed by atoms with Crippen LogP contribution in [0.5, 0.6) is 5.75 Å². The summed E-state index contributed by atoms with van der Waals surface area (Å²) in [6, 6.07) is 37.1. The Morgan fingerprint density at radius 1 is 0.529 bits per heavy atom. The standard InChI is InChI=1S/C31H23INO/c1-20-21(16-9-17-30(20)34-32)29-19-18-28-26-14-6-5-12-24(26)22-10-3-4-11-23(22)25-13-7-8-15-27(25)31(28)33(29)2/h3-19H,1-2H3/q+1. The van der Waals surface area contributed by atoms with Crippen LogP contribution >= 0.6 is 23.0 Å². The molecular weight excluding hydrogens is 529 g/mol. The topological polar surface area (TPSA) is 13.1 Å². The molecule has 0 bridgehead atoms. The van der Waals surface area contributed by atoms with Gasteiger partial charge in [-0.25, -0.2) is 0 Å². The summed E-state index contributed by atoms with van der Waals surface area (Å²) < 4.78 is 7.94. The zero-order chi connectivity index (χ0) is 23.2. The van der Waals surface area contributed by atoms with Crippen LogP contribution < -0.4 is 7.63 Å². The molecule has 34 heavy (non-hydrogen) atoms. The average molecular weight is 552 g/mol. The molecule has 0 aliphatic heterocycles. The molecule has 1 aromatic heterocycles. The predicted molar refractivity (Wildman–Crippen MR) is 148 cm³/mol. The van der Waals surface area contributed by atoms with Crippen molar-refractivity contribution in [2.45, 2.75) is 6.92 Å². The summed E-state index contributed by atoms with van der Waals surface area (Å²) in [5.41, 5.74) is 13.5. The molecule has 0 spiro atoms. The van der Waals surface area contributed by atoms with Crippen LogP contribution in [0, 0.1) is 6.92 Å². The highest BCUT2D eigenvalue weighted by atomic mass is 127. The molecule has 0 radical (unpaired) electrons. The Morgan fingerprint density at radius 2 is 1.00 bits per heavy atom. The van der Waals surface area contributed by atoms with Gasteiger partial charge < -0.3 is 3.07 Å². The Hall–Kier alpha value is -3.44. The van der Waals surface area contributed by atoms with E-state index in [2.05, 4.69) is 116 Å². The van der Waals surface area contributed by atoms with Gasteiger partial charge in [0.1, 0.15) is 12.8 Å². The maximum absolute atomic E-state index is 5.60. The zero-order valence-electron chi connectivity index (χ0n) is 19.0. The molecule has 164 valence electrons. The van der Waals surface area contributed by atoms with Crippen LogP contribution in [-0.2, 0) is 7.05 Å². The van der Waals surface area contributed by atoms with E-state index in [-0.39, 0.29) is 0 Å². The van der Waals surface area contributed by atoms with Crippen LogP contribution in [0.15, 0.2) is 103 Å². The fourth-order valence-corrected chi connectivity index (χ4v) is 5.75. The lowest BCUT2D eigenvalue weighted by molar-refractivity contribution is -0.648. The van der Waals surface area contributed by atoms with Gasteiger partial charge >= 0.3 is 0 Å². The first-order valence-electron chi connectivity index (χ1n) is 11.4. The van der Waals surface area contributed by atoms with Crippen LogP contribution in [0.25, 0.3) is 55.9 Å².